The number of amides is 1. The molecule has 1 aromatic heterocycles. The maximum absolute atomic E-state index is 11.6. The Kier molecular flexibility index (Phi) is 4.98. The number of aromatic nitrogens is 2. The first-order chi connectivity index (χ1) is 8.92. The third-order valence-electron chi connectivity index (χ3n) is 2.40. The van der Waals surface area contributed by atoms with Gasteiger partial charge in [-0.05, 0) is 11.3 Å². The molecule has 0 fully saturated rings. The number of nitro groups is 1. The number of carbonyl (C=O) groups excluding carboxylic acids is 1. The summed E-state index contributed by atoms with van der Waals surface area (Å²) in [5.41, 5.74) is 0. The lowest BCUT2D eigenvalue weighted by molar-refractivity contribution is -0.389. The van der Waals surface area contributed by atoms with Crippen LogP contribution >= 0.6 is 0 Å². The van der Waals surface area contributed by atoms with Gasteiger partial charge in [-0.15, -0.1) is 0 Å². The fourth-order valence-electron chi connectivity index (χ4n) is 1.47. The highest BCUT2D eigenvalue weighted by Crippen LogP contribution is 2.05. The van der Waals surface area contributed by atoms with Gasteiger partial charge in [-0.25, -0.2) is 0 Å². The van der Waals surface area contributed by atoms with Gasteiger partial charge in [0, 0.05) is 6.04 Å². The third-order valence-corrected chi connectivity index (χ3v) is 2.40. The molecule has 1 unspecified atom stereocenters. The molecule has 2 N–H and O–H groups in total. The van der Waals surface area contributed by atoms with Crippen molar-refractivity contribution in [3.8, 4) is 0 Å². The summed E-state index contributed by atoms with van der Waals surface area (Å²) in [7, 11) is 0. The van der Waals surface area contributed by atoms with E-state index in [0.29, 0.717) is 6.42 Å². The van der Waals surface area contributed by atoms with E-state index in [1.54, 1.807) is 6.92 Å². The molecule has 9 nitrogen and oxygen atoms in total. The Labute approximate surface area is 108 Å². The Morgan fingerprint density at radius 1 is 1.63 bits per heavy atom. The van der Waals surface area contributed by atoms with Crippen molar-refractivity contribution in [3.63, 3.8) is 0 Å². The molecular weight excluding hydrogens is 256 g/mol. The van der Waals surface area contributed by atoms with E-state index >= 15 is 0 Å². The number of carboxylic acids is 1. The Morgan fingerprint density at radius 3 is 2.79 bits per heavy atom. The van der Waals surface area contributed by atoms with Crippen LogP contribution in [-0.4, -0.2) is 37.7 Å². The number of rotatable bonds is 7. The number of carbonyl (C=O) groups is 2. The number of hydrogen-bond donors (Lipinski definition) is 2. The van der Waals surface area contributed by atoms with Gasteiger partial charge in [0.15, 0.2) is 0 Å². The molecule has 0 aromatic carbocycles. The summed E-state index contributed by atoms with van der Waals surface area (Å²) in [6.45, 7) is 1.57. The summed E-state index contributed by atoms with van der Waals surface area (Å²) in [6.07, 6.45) is 1.63. The average molecular weight is 270 g/mol. The minimum Gasteiger partial charge on any atom is -0.481 e. The molecular formula is C10H14N4O5. The van der Waals surface area contributed by atoms with Gasteiger partial charge in [0.1, 0.15) is 6.54 Å². The minimum atomic E-state index is -0.998. The predicted octanol–water partition coefficient (Wildman–Crippen LogP) is 0.161. The molecule has 0 spiro atoms. The molecule has 0 aliphatic heterocycles. The summed E-state index contributed by atoms with van der Waals surface area (Å²) in [6, 6.07) is 0.720. The van der Waals surface area contributed by atoms with Crippen molar-refractivity contribution in [2.45, 2.75) is 32.4 Å². The van der Waals surface area contributed by atoms with Crippen molar-refractivity contribution in [1.82, 2.24) is 15.1 Å². The van der Waals surface area contributed by atoms with Gasteiger partial charge in [0.2, 0.25) is 5.91 Å². The van der Waals surface area contributed by atoms with Crippen molar-refractivity contribution in [1.29, 1.82) is 0 Å². The summed E-state index contributed by atoms with van der Waals surface area (Å²) >= 11 is 0. The molecule has 1 amide bonds. The van der Waals surface area contributed by atoms with Gasteiger partial charge in [0.25, 0.3) is 0 Å². The molecule has 19 heavy (non-hydrogen) atoms. The number of carboxylic acid groups (broad SMARTS) is 1. The zero-order chi connectivity index (χ0) is 14.4. The molecule has 1 aromatic rings. The van der Waals surface area contributed by atoms with E-state index in [4.69, 9.17) is 5.11 Å². The Balaban J connectivity index is 2.53. The lowest BCUT2D eigenvalue weighted by Gasteiger charge is -2.13. The lowest BCUT2D eigenvalue weighted by Crippen LogP contribution is -2.38. The second-order valence-electron chi connectivity index (χ2n) is 3.90. The first-order valence-electron chi connectivity index (χ1n) is 5.61. The normalized spacial score (nSPS) is 11.8. The van der Waals surface area contributed by atoms with Crippen LogP contribution in [-0.2, 0) is 16.1 Å². The van der Waals surface area contributed by atoms with Gasteiger partial charge in [-0.2, -0.15) is 4.68 Å². The number of nitrogens with one attached hydrogen (secondary N) is 1. The fraction of sp³-hybridized carbons (Fsp3) is 0.500. The second kappa shape index (κ2) is 6.47. The van der Waals surface area contributed by atoms with E-state index < -0.39 is 22.8 Å². The number of nitrogens with zero attached hydrogens (tertiary/aromatic N) is 3. The lowest BCUT2D eigenvalue weighted by atomic mass is 10.1. The van der Waals surface area contributed by atoms with Crippen molar-refractivity contribution in [2.75, 3.05) is 0 Å². The van der Waals surface area contributed by atoms with E-state index in [1.807, 2.05) is 0 Å². The van der Waals surface area contributed by atoms with Gasteiger partial charge in [-0.3, -0.25) is 9.59 Å². The highest BCUT2D eigenvalue weighted by Gasteiger charge is 2.17. The molecule has 0 saturated carbocycles. The second-order valence-corrected chi connectivity index (χ2v) is 3.90. The Bertz CT molecular complexity index is 484. The molecule has 104 valence electrons. The van der Waals surface area contributed by atoms with Crippen LogP contribution in [0.25, 0.3) is 0 Å². The maximum Gasteiger partial charge on any atom is 0.389 e. The maximum atomic E-state index is 11.6. The minimum absolute atomic E-state index is 0.165. The summed E-state index contributed by atoms with van der Waals surface area (Å²) < 4.78 is 1.13. The van der Waals surface area contributed by atoms with E-state index in [-0.39, 0.29) is 18.8 Å². The van der Waals surface area contributed by atoms with Crippen molar-refractivity contribution < 1.29 is 19.6 Å². The van der Waals surface area contributed by atoms with Crippen LogP contribution in [0.15, 0.2) is 12.3 Å². The summed E-state index contributed by atoms with van der Waals surface area (Å²) in [5.74, 6) is -1.78. The Hall–Kier alpha value is -2.45. The van der Waals surface area contributed by atoms with Gasteiger partial charge in [-0.1, -0.05) is 6.92 Å². The van der Waals surface area contributed by atoms with Crippen LogP contribution in [0.4, 0.5) is 5.82 Å². The van der Waals surface area contributed by atoms with Crippen LogP contribution in [0.3, 0.4) is 0 Å². The quantitative estimate of drug-likeness (QED) is 0.536. The molecule has 0 saturated heterocycles. The van der Waals surface area contributed by atoms with Crippen molar-refractivity contribution in [2.24, 2.45) is 0 Å². The van der Waals surface area contributed by atoms with Gasteiger partial charge < -0.3 is 20.5 Å². The largest absolute Gasteiger partial charge is 0.481 e. The SMILES string of the molecule is CCC(CC(=O)O)NC(=O)Cn1ccc([N+](=O)[O-])n1. The van der Waals surface area contributed by atoms with Crippen LogP contribution in [0.5, 0.6) is 0 Å². The molecule has 0 aliphatic carbocycles. The van der Waals surface area contributed by atoms with Crippen molar-refractivity contribution >= 4 is 17.7 Å². The monoisotopic (exact) mass is 270 g/mol. The molecule has 0 bridgehead atoms. The van der Waals surface area contributed by atoms with E-state index in [1.165, 1.54) is 12.3 Å². The van der Waals surface area contributed by atoms with E-state index in [2.05, 4.69) is 10.4 Å². The summed E-state index contributed by atoms with van der Waals surface area (Å²) in [5, 5.41) is 25.2. The zero-order valence-electron chi connectivity index (χ0n) is 10.3. The highest BCUT2D eigenvalue weighted by molar-refractivity contribution is 5.77. The first-order valence-corrected chi connectivity index (χ1v) is 5.61. The molecule has 0 aliphatic rings. The topological polar surface area (TPSA) is 127 Å². The molecule has 9 heteroatoms. The van der Waals surface area contributed by atoms with Crippen molar-refractivity contribution in [3.05, 3.63) is 22.4 Å². The van der Waals surface area contributed by atoms with Crippen LogP contribution in [0, 0.1) is 10.1 Å². The highest BCUT2D eigenvalue weighted by atomic mass is 16.6. The first kappa shape index (κ1) is 14.6. The van der Waals surface area contributed by atoms with Crippen LogP contribution in [0.1, 0.15) is 19.8 Å². The molecule has 1 heterocycles. The van der Waals surface area contributed by atoms with Crippen LogP contribution in [0.2, 0.25) is 0 Å². The smallest absolute Gasteiger partial charge is 0.389 e. The molecule has 0 radical (unpaired) electrons. The predicted molar refractivity (Wildman–Crippen MR) is 63.4 cm³/mol. The molecule has 1 atom stereocenters. The third kappa shape index (κ3) is 4.74. The van der Waals surface area contributed by atoms with E-state index in [0.717, 1.165) is 4.68 Å². The summed E-state index contributed by atoms with van der Waals surface area (Å²) in [4.78, 5) is 31.9. The van der Waals surface area contributed by atoms with E-state index in [9.17, 15) is 19.7 Å². The molecule has 1 rings (SSSR count). The standard InChI is InChI=1S/C10H14N4O5/c1-2-7(5-10(16)17)11-9(15)6-13-4-3-8(12-13)14(18)19/h3-4,7H,2,5-6H2,1H3,(H,11,15)(H,16,17). The number of aliphatic carboxylic acids is 1. The zero-order valence-corrected chi connectivity index (χ0v) is 10.3. The number of hydrogen-bond acceptors (Lipinski definition) is 5. The van der Waals surface area contributed by atoms with Gasteiger partial charge in [0.05, 0.1) is 23.8 Å². The average Bonchev–Trinajstić information content (AvgIpc) is 2.75. The fourth-order valence-corrected chi connectivity index (χ4v) is 1.47. The van der Waals surface area contributed by atoms with Crippen LogP contribution < -0.4 is 5.32 Å². The Morgan fingerprint density at radius 2 is 2.32 bits per heavy atom. The van der Waals surface area contributed by atoms with Gasteiger partial charge >= 0.3 is 11.8 Å².